The number of hydrogen-bond donors (Lipinski definition) is 1. The zero-order valence-corrected chi connectivity index (χ0v) is 9.51. The van der Waals surface area contributed by atoms with Gasteiger partial charge in [0.15, 0.2) is 0 Å². The van der Waals surface area contributed by atoms with Crippen molar-refractivity contribution in [2.45, 2.75) is 13.5 Å². The van der Waals surface area contributed by atoms with Crippen molar-refractivity contribution in [2.75, 3.05) is 5.73 Å². The molecule has 0 atom stereocenters. The summed E-state index contributed by atoms with van der Waals surface area (Å²) < 4.78 is 22.4. The van der Waals surface area contributed by atoms with Gasteiger partial charge < -0.3 is 10.5 Å². The fourth-order valence-corrected chi connectivity index (χ4v) is 1.30. The van der Waals surface area contributed by atoms with Gasteiger partial charge in [-0.3, -0.25) is 0 Å². The lowest BCUT2D eigenvalue weighted by atomic mass is 10.2. The highest BCUT2D eigenvalue weighted by Crippen LogP contribution is 2.15. The average molecular weight is 251 g/mol. The number of nitrogen functional groups attached to an aromatic ring is 1. The van der Waals surface area contributed by atoms with Gasteiger partial charge in [0.2, 0.25) is 0 Å². The van der Waals surface area contributed by atoms with Gasteiger partial charge >= 0.3 is 5.97 Å². The second-order valence-corrected chi connectivity index (χ2v) is 3.60. The van der Waals surface area contributed by atoms with Gasteiger partial charge in [0.25, 0.3) is 0 Å². The molecule has 0 bridgehead atoms. The van der Waals surface area contributed by atoms with Crippen LogP contribution in [0.4, 0.5) is 10.1 Å². The minimum absolute atomic E-state index is 0.0240. The van der Waals surface area contributed by atoms with Gasteiger partial charge in [-0.2, -0.15) is 0 Å². The molecule has 0 saturated carbocycles. The van der Waals surface area contributed by atoms with Crippen molar-refractivity contribution >= 4 is 11.7 Å². The zero-order chi connectivity index (χ0) is 13.1. The molecule has 1 heterocycles. The molecular weight excluding hydrogens is 241 g/mol. The molecule has 0 aliphatic heterocycles. The largest absolute Gasteiger partial charge is 0.455 e. The number of hydrogen-bond acceptors (Lipinski definition) is 6. The van der Waals surface area contributed by atoms with E-state index in [4.69, 9.17) is 10.5 Å². The Morgan fingerprint density at radius 2 is 2.28 bits per heavy atom. The number of benzene rings is 1. The maximum Gasteiger partial charge on any atom is 0.340 e. The quantitative estimate of drug-likeness (QED) is 0.655. The Hall–Kier alpha value is -2.44. The lowest BCUT2D eigenvalue weighted by molar-refractivity contribution is 0.0464. The Morgan fingerprint density at radius 1 is 1.50 bits per heavy atom. The van der Waals surface area contributed by atoms with Crippen LogP contribution in [0.25, 0.3) is 0 Å². The predicted molar refractivity (Wildman–Crippen MR) is 59.0 cm³/mol. The molecule has 18 heavy (non-hydrogen) atoms. The van der Waals surface area contributed by atoms with E-state index in [0.29, 0.717) is 11.4 Å². The van der Waals surface area contributed by atoms with E-state index in [1.807, 2.05) is 0 Å². The van der Waals surface area contributed by atoms with Gasteiger partial charge in [0, 0.05) is 5.69 Å². The van der Waals surface area contributed by atoms with E-state index < -0.39 is 11.8 Å². The molecule has 0 amide bonds. The molecule has 6 nitrogen and oxygen atoms in total. The number of ether oxygens (including phenoxy) is 1. The molecule has 0 fully saturated rings. The third-order valence-electron chi connectivity index (χ3n) is 2.32. The van der Waals surface area contributed by atoms with Crippen LogP contribution in [0, 0.1) is 12.7 Å². The second-order valence-electron chi connectivity index (χ2n) is 3.60. The van der Waals surface area contributed by atoms with Crippen molar-refractivity contribution < 1.29 is 18.6 Å². The van der Waals surface area contributed by atoms with E-state index >= 15 is 0 Å². The van der Waals surface area contributed by atoms with E-state index in [1.165, 1.54) is 6.07 Å². The minimum atomic E-state index is -0.727. The molecule has 0 radical (unpaired) electrons. The van der Waals surface area contributed by atoms with Crippen LogP contribution < -0.4 is 5.73 Å². The molecule has 1 aromatic carbocycles. The summed E-state index contributed by atoms with van der Waals surface area (Å²) in [5.74, 6) is -1.29. The number of carbonyl (C=O) groups excluding carboxylic acids is 1. The fourth-order valence-electron chi connectivity index (χ4n) is 1.30. The molecule has 0 saturated heterocycles. The average Bonchev–Trinajstić information content (AvgIpc) is 2.75. The highest BCUT2D eigenvalue weighted by Gasteiger charge is 2.14. The third-order valence-corrected chi connectivity index (χ3v) is 2.32. The molecule has 0 spiro atoms. The van der Waals surface area contributed by atoms with E-state index in [2.05, 4.69) is 14.9 Å². The summed E-state index contributed by atoms with van der Waals surface area (Å²) in [5, 5.41) is 7.09. The maximum atomic E-state index is 13.0. The number of rotatable bonds is 3. The van der Waals surface area contributed by atoms with Crippen molar-refractivity contribution in [1.29, 1.82) is 0 Å². The molecule has 2 N–H and O–H groups in total. The molecule has 94 valence electrons. The first-order valence-corrected chi connectivity index (χ1v) is 5.08. The van der Waals surface area contributed by atoms with E-state index in [-0.39, 0.29) is 17.9 Å². The number of nitrogens with zero attached hydrogens (tertiary/aromatic N) is 2. The molecule has 2 aromatic rings. The summed E-state index contributed by atoms with van der Waals surface area (Å²) in [6.07, 6.45) is 0. The van der Waals surface area contributed by atoms with Gasteiger partial charge in [0.1, 0.15) is 23.8 Å². The standard InChI is InChI=1S/C11H10FN3O3/c1-6-10(15-18-14-6)5-17-11(16)8-4-7(12)2-3-9(8)13/h2-4H,5,13H2,1H3. The molecule has 0 unspecified atom stereocenters. The van der Waals surface area contributed by atoms with E-state index in [0.717, 1.165) is 12.1 Å². The molecule has 1 aromatic heterocycles. The number of aromatic nitrogens is 2. The molecule has 2 rings (SSSR count). The van der Waals surface area contributed by atoms with E-state index in [1.54, 1.807) is 6.92 Å². The number of anilines is 1. The van der Waals surface area contributed by atoms with Crippen LogP contribution >= 0.6 is 0 Å². The van der Waals surface area contributed by atoms with Gasteiger partial charge in [-0.25, -0.2) is 13.8 Å². The number of aryl methyl sites for hydroxylation is 1. The van der Waals surface area contributed by atoms with Crippen LogP contribution in [-0.4, -0.2) is 16.3 Å². The van der Waals surface area contributed by atoms with Gasteiger partial charge in [0.05, 0.1) is 5.56 Å². The fraction of sp³-hybridized carbons (Fsp3) is 0.182. The minimum Gasteiger partial charge on any atom is -0.455 e. The Labute approximate surface area is 102 Å². The Balaban J connectivity index is 2.08. The van der Waals surface area contributed by atoms with Crippen molar-refractivity contribution in [3.63, 3.8) is 0 Å². The van der Waals surface area contributed by atoms with Gasteiger partial charge in [-0.1, -0.05) is 10.3 Å². The number of halogens is 1. The van der Waals surface area contributed by atoms with Crippen molar-refractivity contribution in [3.8, 4) is 0 Å². The summed E-state index contributed by atoms with van der Waals surface area (Å²) in [5.41, 5.74) is 6.61. The van der Waals surface area contributed by atoms with E-state index in [9.17, 15) is 9.18 Å². The Kier molecular flexibility index (Phi) is 3.22. The summed E-state index contributed by atoms with van der Waals surface area (Å²) in [6.45, 7) is 1.56. The van der Waals surface area contributed by atoms with Crippen LogP contribution in [0.2, 0.25) is 0 Å². The predicted octanol–water partition coefficient (Wildman–Crippen LogP) is 1.46. The van der Waals surface area contributed by atoms with Crippen LogP contribution in [0.5, 0.6) is 0 Å². The Bertz CT molecular complexity index is 583. The first kappa shape index (κ1) is 12.0. The maximum absolute atomic E-state index is 13.0. The first-order valence-electron chi connectivity index (χ1n) is 5.08. The second kappa shape index (κ2) is 4.82. The summed E-state index contributed by atoms with van der Waals surface area (Å²) in [7, 11) is 0. The number of carbonyl (C=O) groups is 1. The van der Waals surface area contributed by atoms with Crippen molar-refractivity contribution in [2.24, 2.45) is 0 Å². The number of esters is 1. The smallest absolute Gasteiger partial charge is 0.340 e. The molecular formula is C11H10FN3O3. The summed E-state index contributed by atoms with van der Waals surface area (Å²) >= 11 is 0. The topological polar surface area (TPSA) is 91.2 Å². The third kappa shape index (κ3) is 2.45. The summed E-state index contributed by atoms with van der Waals surface area (Å²) in [6, 6.07) is 3.48. The lowest BCUT2D eigenvalue weighted by Gasteiger charge is -2.05. The molecule has 0 aliphatic carbocycles. The monoisotopic (exact) mass is 251 g/mol. The lowest BCUT2D eigenvalue weighted by Crippen LogP contribution is -2.09. The SMILES string of the molecule is Cc1nonc1COC(=O)c1cc(F)ccc1N. The van der Waals surface area contributed by atoms with Crippen LogP contribution in [0.3, 0.4) is 0 Å². The normalized spacial score (nSPS) is 10.3. The molecule has 7 heteroatoms. The zero-order valence-electron chi connectivity index (χ0n) is 9.51. The summed E-state index contributed by atoms with van der Waals surface area (Å²) in [4.78, 5) is 11.7. The highest BCUT2D eigenvalue weighted by atomic mass is 19.1. The van der Waals surface area contributed by atoms with Crippen molar-refractivity contribution in [1.82, 2.24) is 10.3 Å². The highest BCUT2D eigenvalue weighted by molar-refractivity contribution is 5.94. The van der Waals surface area contributed by atoms with Crippen LogP contribution in [0.1, 0.15) is 21.7 Å². The van der Waals surface area contributed by atoms with Crippen LogP contribution in [0.15, 0.2) is 22.8 Å². The van der Waals surface area contributed by atoms with Crippen LogP contribution in [-0.2, 0) is 11.3 Å². The van der Waals surface area contributed by atoms with Crippen molar-refractivity contribution in [3.05, 3.63) is 41.0 Å². The first-order chi connectivity index (χ1) is 8.58. The number of nitrogens with two attached hydrogens (primary N) is 1. The van der Waals surface area contributed by atoms with Gasteiger partial charge in [-0.15, -0.1) is 0 Å². The van der Waals surface area contributed by atoms with Gasteiger partial charge in [-0.05, 0) is 25.1 Å². The molecule has 0 aliphatic rings. The Morgan fingerprint density at radius 3 is 2.94 bits per heavy atom.